The first kappa shape index (κ1) is 14.5. The molecule has 0 radical (unpaired) electrons. The number of rotatable bonds is 3. The number of ether oxygens (including phenoxy) is 2. The molecule has 0 aromatic heterocycles. The number of hydrogen-bond donors (Lipinski definition) is 0. The Bertz CT molecular complexity index is 870. The first-order valence-corrected chi connectivity index (χ1v) is 8.23. The maximum Gasteiger partial charge on any atom is 0.135 e. The predicted octanol–water partition coefficient (Wildman–Crippen LogP) is 5.07. The van der Waals surface area contributed by atoms with Gasteiger partial charge in [0.05, 0.1) is 6.61 Å². The van der Waals surface area contributed by atoms with E-state index in [2.05, 4.69) is 69.3 Å². The highest BCUT2D eigenvalue weighted by atomic mass is 16.6. The molecule has 4 rings (SSSR count). The molecule has 2 heteroatoms. The summed E-state index contributed by atoms with van der Waals surface area (Å²) in [6.45, 7) is 8.17. The summed E-state index contributed by atoms with van der Waals surface area (Å²) in [5.74, 6) is 0.986. The van der Waals surface area contributed by atoms with Crippen molar-refractivity contribution < 1.29 is 9.47 Å². The maximum atomic E-state index is 6.20. The lowest BCUT2D eigenvalue weighted by Gasteiger charge is -2.21. The van der Waals surface area contributed by atoms with Crippen LogP contribution in [-0.4, -0.2) is 19.3 Å². The van der Waals surface area contributed by atoms with Crippen molar-refractivity contribution in [2.45, 2.75) is 32.3 Å². The summed E-state index contributed by atoms with van der Waals surface area (Å²) in [5, 5.41) is 4.81. The molecule has 0 bridgehead atoms. The van der Waals surface area contributed by atoms with Crippen molar-refractivity contribution in [1.82, 2.24) is 0 Å². The molecule has 0 saturated carbocycles. The molecular formula is C21H22O2. The second-order valence-electron chi connectivity index (χ2n) is 7.38. The van der Waals surface area contributed by atoms with Crippen LogP contribution in [-0.2, 0) is 10.2 Å². The Kier molecular flexibility index (Phi) is 3.31. The SMILES string of the molecule is CC(C)(C)c1ccc2cc3ccccc3c(OCC3CO3)c2c1. The average molecular weight is 306 g/mol. The summed E-state index contributed by atoms with van der Waals surface area (Å²) in [4.78, 5) is 0. The zero-order valence-electron chi connectivity index (χ0n) is 13.9. The van der Waals surface area contributed by atoms with E-state index in [0.717, 1.165) is 12.4 Å². The molecular weight excluding hydrogens is 284 g/mol. The Morgan fingerprint density at radius 2 is 1.74 bits per heavy atom. The highest BCUT2D eigenvalue weighted by Crippen LogP contribution is 2.37. The molecule has 3 aromatic rings. The second kappa shape index (κ2) is 5.24. The van der Waals surface area contributed by atoms with Gasteiger partial charge in [0.15, 0.2) is 0 Å². The van der Waals surface area contributed by atoms with E-state index in [0.29, 0.717) is 6.61 Å². The van der Waals surface area contributed by atoms with Gasteiger partial charge in [0, 0.05) is 10.8 Å². The van der Waals surface area contributed by atoms with Gasteiger partial charge in [-0.3, -0.25) is 0 Å². The standard InChI is InChI=1S/C21H22O2/c1-21(2,3)16-9-8-15-10-14-6-4-5-7-18(14)20(19(15)11-16)23-13-17-12-22-17/h4-11,17H,12-13H2,1-3H3. The molecule has 0 spiro atoms. The Balaban J connectivity index is 1.95. The van der Waals surface area contributed by atoms with E-state index in [4.69, 9.17) is 9.47 Å². The number of hydrogen-bond acceptors (Lipinski definition) is 2. The van der Waals surface area contributed by atoms with E-state index in [1.54, 1.807) is 0 Å². The molecule has 1 unspecified atom stereocenters. The van der Waals surface area contributed by atoms with E-state index < -0.39 is 0 Å². The van der Waals surface area contributed by atoms with Crippen LogP contribution in [0.1, 0.15) is 26.3 Å². The largest absolute Gasteiger partial charge is 0.489 e. The minimum absolute atomic E-state index is 0.122. The van der Waals surface area contributed by atoms with Crippen molar-refractivity contribution in [2.24, 2.45) is 0 Å². The van der Waals surface area contributed by atoms with E-state index in [1.165, 1.54) is 27.1 Å². The fourth-order valence-corrected chi connectivity index (χ4v) is 2.98. The fourth-order valence-electron chi connectivity index (χ4n) is 2.98. The number of benzene rings is 3. The Morgan fingerprint density at radius 1 is 1.00 bits per heavy atom. The third-order valence-electron chi connectivity index (χ3n) is 4.50. The smallest absolute Gasteiger partial charge is 0.135 e. The molecule has 1 fully saturated rings. The lowest BCUT2D eigenvalue weighted by atomic mass is 9.85. The van der Waals surface area contributed by atoms with E-state index in [9.17, 15) is 0 Å². The molecule has 1 aliphatic heterocycles. The predicted molar refractivity (Wildman–Crippen MR) is 95.4 cm³/mol. The first-order chi connectivity index (χ1) is 11.0. The van der Waals surface area contributed by atoms with Gasteiger partial charge in [-0.1, -0.05) is 57.2 Å². The molecule has 1 atom stereocenters. The molecule has 118 valence electrons. The molecule has 3 aromatic carbocycles. The summed E-state index contributed by atoms with van der Waals surface area (Å²) in [7, 11) is 0. The van der Waals surface area contributed by atoms with Crippen molar-refractivity contribution in [3.05, 3.63) is 54.1 Å². The van der Waals surface area contributed by atoms with Gasteiger partial charge in [-0.15, -0.1) is 0 Å². The zero-order valence-corrected chi connectivity index (χ0v) is 13.9. The topological polar surface area (TPSA) is 21.8 Å². The normalized spacial score (nSPS) is 17.6. The van der Waals surface area contributed by atoms with Crippen LogP contribution < -0.4 is 4.74 Å². The molecule has 0 aliphatic carbocycles. The lowest BCUT2D eigenvalue weighted by molar-refractivity contribution is 0.267. The summed E-state index contributed by atoms with van der Waals surface area (Å²) in [6.07, 6.45) is 0.259. The molecule has 2 nitrogen and oxygen atoms in total. The average Bonchev–Trinajstić information content (AvgIpc) is 3.34. The van der Waals surface area contributed by atoms with Crippen LogP contribution in [0.15, 0.2) is 48.5 Å². The molecule has 1 saturated heterocycles. The minimum Gasteiger partial charge on any atom is -0.489 e. The van der Waals surface area contributed by atoms with Gasteiger partial charge in [0.25, 0.3) is 0 Å². The van der Waals surface area contributed by atoms with Crippen LogP contribution in [0.4, 0.5) is 0 Å². The Hall–Kier alpha value is -2.06. The van der Waals surface area contributed by atoms with Crippen LogP contribution >= 0.6 is 0 Å². The third kappa shape index (κ3) is 2.79. The summed E-state index contributed by atoms with van der Waals surface area (Å²) in [6, 6.07) is 17.4. The second-order valence-corrected chi connectivity index (χ2v) is 7.38. The fraction of sp³-hybridized carbons (Fsp3) is 0.333. The number of fused-ring (bicyclic) bond motifs is 2. The minimum atomic E-state index is 0.122. The highest BCUT2D eigenvalue weighted by molar-refractivity contribution is 6.05. The van der Waals surface area contributed by atoms with Gasteiger partial charge < -0.3 is 9.47 Å². The van der Waals surface area contributed by atoms with Crippen molar-refractivity contribution in [2.75, 3.05) is 13.2 Å². The van der Waals surface area contributed by atoms with Gasteiger partial charge in [0.1, 0.15) is 18.5 Å². The van der Waals surface area contributed by atoms with Crippen LogP contribution in [0.2, 0.25) is 0 Å². The van der Waals surface area contributed by atoms with E-state index >= 15 is 0 Å². The Labute approximate surface area is 137 Å². The van der Waals surface area contributed by atoms with Crippen LogP contribution in [0.3, 0.4) is 0 Å². The van der Waals surface area contributed by atoms with Gasteiger partial charge >= 0.3 is 0 Å². The van der Waals surface area contributed by atoms with Crippen molar-refractivity contribution in [1.29, 1.82) is 0 Å². The van der Waals surface area contributed by atoms with Crippen molar-refractivity contribution in [3.63, 3.8) is 0 Å². The van der Waals surface area contributed by atoms with Gasteiger partial charge in [-0.05, 0) is 33.9 Å². The summed E-state index contributed by atoms with van der Waals surface area (Å²) in [5.41, 5.74) is 1.45. The molecule has 23 heavy (non-hydrogen) atoms. The molecule has 1 aliphatic rings. The zero-order chi connectivity index (χ0) is 16.0. The van der Waals surface area contributed by atoms with E-state index in [1.807, 2.05) is 0 Å². The molecule has 1 heterocycles. The maximum absolute atomic E-state index is 6.20. The van der Waals surface area contributed by atoms with Gasteiger partial charge in [0.2, 0.25) is 0 Å². The lowest BCUT2D eigenvalue weighted by Crippen LogP contribution is -2.11. The quantitative estimate of drug-likeness (QED) is 0.498. The molecule has 0 N–H and O–H groups in total. The number of epoxide rings is 1. The summed E-state index contributed by atoms with van der Waals surface area (Å²) >= 11 is 0. The molecule has 0 amide bonds. The first-order valence-electron chi connectivity index (χ1n) is 8.23. The van der Waals surface area contributed by atoms with Crippen LogP contribution in [0.5, 0.6) is 5.75 Å². The highest BCUT2D eigenvalue weighted by Gasteiger charge is 2.24. The third-order valence-corrected chi connectivity index (χ3v) is 4.50. The van der Waals surface area contributed by atoms with Gasteiger partial charge in [-0.2, -0.15) is 0 Å². The van der Waals surface area contributed by atoms with Crippen molar-refractivity contribution >= 4 is 21.5 Å². The Morgan fingerprint density at radius 3 is 2.48 bits per heavy atom. The van der Waals surface area contributed by atoms with Crippen LogP contribution in [0, 0.1) is 0 Å². The monoisotopic (exact) mass is 306 g/mol. The summed E-state index contributed by atoms with van der Waals surface area (Å²) < 4.78 is 11.5. The van der Waals surface area contributed by atoms with Crippen molar-refractivity contribution in [3.8, 4) is 5.75 Å². The van der Waals surface area contributed by atoms with Crippen LogP contribution in [0.25, 0.3) is 21.5 Å². The van der Waals surface area contributed by atoms with E-state index in [-0.39, 0.29) is 11.5 Å². The van der Waals surface area contributed by atoms with Gasteiger partial charge in [-0.25, -0.2) is 0 Å².